The average Bonchev–Trinajstić information content (AvgIpc) is 2.80. The molecule has 1 N–H and O–H groups in total. The number of carbonyl (C=O) groups excluding carboxylic acids is 2. The summed E-state index contributed by atoms with van der Waals surface area (Å²) in [4.78, 5) is 35.3. The first-order valence-corrected chi connectivity index (χ1v) is 9.92. The zero-order chi connectivity index (χ0) is 24.0. The molecule has 0 aliphatic heterocycles. The average molecular weight is 462 g/mol. The van der Waals surface area contributed by atoms with Gasteiger partial charge in [0.1, 0.15) is 23.0 Å². The quantitative estimate of drug-likeness (QED) is 0.132. The Bertz CT molecular complexity index is 1290. The number of anilines is 1. The number of carbonyl (C=O) groups is 2. The lowest BCUT2D eigenvalue weighted by molar-refractivity contribution is -0.385. The molecule has 164 valence electrons. The Labute approximate surface area is 193 Å². The highest BCUT2D eigenvalue weighted by Crippen LogP contribution is 2.26. The highest BCUT2D eigenvalue weighted by Gasteiger charge is 2.21. The third-order valence-electron chi connectivity index (χ3n) is 4.55. The second kappa shape index (κ2) is 10.2. The number of para-hydroxylation sites is 2. The molecule has 0 aromatic heterocycles. The zero-order valence-corrected chi connectivity index (χ0v) is 18.0. The number of hydrogen-bond acceptors (Lipinski definition) is 6. The number of nitro groups is 1. The topological polar surface area (TPSA) is 122 Å². The molecule has 0 saturated carbocycles. The van der Waals surface area contributed by atoms with Crippen LogP contribution >= 0.6 is 11.6 Å². The maximum absolute atomic E-state index is 12.5. The van der Waals surface area contributed by atoms with Gasteiger partial charge in [-0.2, -0.15) is 5.26 Å². The second-order valence-corrected chi connectivity index (χ2v) is 7.20. The lowest BCUT2D eigenvalue weighted by atomic mass is 10.1. The van der Waals surface area contributed by atoms with E-state index in [1.54, 1.807) is 25.1 Å². The van der Waals surface area contributed by atoms with Gasteiger partial charge in [0.05, 0.1) is 15.6 Å². The lowest BCUT2D eigenvalue weighted by Gasteiger charge is -2.09. The summed E-state index contributed by atoms with van der Waals surface area (Å²) in [6, 6.07) is 18.4. The summed E-state index contributed by atoms with van der Waals surface area (Å²) in [6.07, 6.45) is 1.37. The minimum atomic E-state index is -0.877. The molecule has 0 atom stereocenters. The molecule has 9 heteroatoms. The van der Waals surface area contributed by atoms with E-state index in [0.29, 0.717) is 16.3 Å². The van der Waals surface area contributed by atoms with Crippen molar-refractivity contribution >= 4 is 40.9 Å². The number of amides is 1. The van der Waals surface area contributed by atoms with Gasteiger partial charge in [-0.15, -0.1) is 0 Å². The first-order valence-electron chi connectivity index (χ1n) is 9.54. The molecule has 3 aromatic carbocycles. The van der Waals surface area contributed by atoms with Gasteiger partial charge in [0.15, 0.2) is 0 Å². The molecule has 0 unspecified atom stereocenters. The summed E-state index contributed by atoms with van der Waals surface area (Å²) in [6.45, 7) is 1.78. The highest BCUT2D eigenvalue weighted by molar-refractivity contribution is 6.34. The number of ether oxygens (including phenoxy) is 1. The molecule has 0 spiro atoms. The van der Waals surface area contributed by atoms with Crippen molar-refractivity contribution in [2.45, 2.75) is 6.92 Å². The number of benzene rings is 3. The Morgan fingerprint density at radius 2 is 1.79 bits per heavy atom. The van der Waals surface area contributed by atoms with Crippen LogP contribution in [0.4, 0.5) is 11.4 Å². The minimum Gasteiger partial charge on any atom is -0.423 e. The minimum absolute atomic E-state index is 0.143. The van der Waals surface area contributed by atoms with Crippen LogP contribution in [-0.2, 0) is 4.79 Å². The van der Waals surface area contributed by atoms with E-state index < -0.39 is 16.8 Å². The van der Waals surface area contributed by atoms with E-state index in [1.807, 2.05) is 6.07 Å². The SMILES string of the molecule is Cc1cccc(Cl)c1NC(=O)/C(C#N)=C/c1ccc(OC(=O)c2ccccc2[N+](=O)[O-])cc1. The molecule has 0 aliphatic rings. The molecule has 0 heterocycles. The van der Waals surface area contributed by atoms with E-state index >= 15 is 0 Å². The number of halogens is 1. The third kappa shape index (κ3) is 5.61. The summed E-state index contributed by atoms with van der Waals surface area (Å²) < 4.78 is 5.21. The number of hydrogen-bond donors (Lipinski definition) is 1. The van der Waals surface area contributed by atoms with E-state index in [2.05, 4.69) is 5.32 Å². The van der Waals surface area contributed by atoms with Crippen molar-refractivity contribution in [2.24, 2.45) is 0 Å². The van der Waals surface area contributed by atoms with E-state index in [9.17, 15) is 25.0 Å². The molecule has 8 nitrogen and oxygen atoms in total. The van der Waals surface area contributed by atoms with Gasteiger partial charge in [-0.05, 0) is 48.4 Å². The van der Waals surface area contributed by atoms with Gasteiger partial charge in [-0.3, -0.25) is 14.9 Å². The number of nitrogens with zero attached hydrogens (tertiary/aromatic N) is 2. The number of rotatable bonds is 6. The second-order valence-electron chi connectivity index (χ2n) is 6.79. The molecule has 1 amide bonds. The summed E-state index contributed by atoms with van der Waals surface area (Å²) >= 11 is 6.12. The van der Waals surface area contributed by atoms with Gasteiger partial charge >= 0.3 is 5.97 Å². The Morgan fingerprint density at radius 3 is 2.42 bits per heavy atom. The van der Waals surface area contributed by atoms with Crippen molar-refractivity contribution < 1.29 is 19.2 Å². The fourth-order valence-electron chi connectivity index (χ4n) is 2.89. The van der Waals surface area contributed by atoms with Crippen LogP contribution in [0.3, 0.4) is 0 Å². The van der Waals surface area contributed by atoms with Crippen LogP contribution < -0.4 is 10.1 Å². The van der Waals surface area contributed by atoms with E-state index in [4.69, 9.17) is 16.3 Å². The van der Waals surface area contributed by atoms with Gasteiger partial charge < -0.3 is 10.1 Å². The van der Waals surface area contributed by atoms with Crippen LogP contribution in [0.25, 0.3) is 6.08 Å². The highest BCUT2D eigenvalue weighted by atomic mass is 35.5. The van der Waals surface area contributed by atoms with Crippen LogP contribution in [-0.4, -0.2) is 16.8 Å². The first kappa shape index (κ1) is 23.2. The summed E-state index contributed by atoms with van der Waals surface area (Å²) in [7, 11) is 0. The van der Waals surface area contributed by atoms with Gasteiger partial charge in [0.25, 0.3) is 11.6 Å². The van der Waals surface area contributed by atoms with Gasteiger partial charge in [0.2, 0.25) is 0 Å². The number of nitro benzene ring substituents is 1. The lowest BCUT2D eigenvalue weighted by Crippen LogP contribution is -2.14. The summed E-state index contributed by atoms with van der Waals surface area (Å²) in [5.41, 5.74) is 0.979. The predicted octanol–water partition coefficient (Wildman–Crippen LogP) is 5.32. The van der Waals surface area contributed by atoms with Gasteiger partial charge in [-0.25, -0.2) is 4.79 Å². The van der Waals surface area contributed by atoms with E-state index in [1.165, 1.54) is 54.6 Å². The molecule has 3 aromatic rings. The fourth-order valence-corrected chi connectivity index (χ4v) is 3.15. The fraction of sp³-hybridized carbons (Fsp3) is 0.0417. The molecule has 33 heavy (non-hydrogen) atoms. The zero-order valence-electron chi connectivity index (χ0n) is 17.2. The molecular weight excluding hydrogens is 446 g/mol. The molecule has 0 fully saturated rings. The monoisotopic (exact) mass is 461 g/mol. The van der Waals surface area contributed by atoms with E-state index in [-0.39, 0.29) is 22.6 Å². The largest absolute Gasteiger partial charge is 0.423 e. The first-order chi connectivity index (χ1) is 15.8. The van der Waals surface area contributed by atoms with Crippen LogP contribution in [0.2, 0.25) is 5.02 Å². The molecule has 3 rings (SSSR count). The van der Waals surface area contributed by atoms with Crippen molar-refractivity contribution in [1.82, 2.24) is 0 Å². The number of aryl methyl sites for hydroxylation is 1. The van der Waals surface area contributed by atoms with Gasteiger partial charge in [-0.1, -0.05) is 48.0 Å². The normalized spacial score (nSPS) is 10.8. The Morgan fingerprint density at radius 1 is 1.09 bits per heavy atom. The Kier molecular flexibility index (Phi) is 7.18. The Hall–Kier alpha value is -4.48. The molecule has 0 radical (unpaired) electrons. The van der Waals surface area contributed by atoms with E-state index in [0.717, 1.165) is 5.56 Å². The molecule has 0 bridgehead atoms. The molecular formula is C24H16ClN3O5. The van der Waals surface area contributed by atoms with Crippen molar-refractivity contribution in [1.29, 1.82) is 5.26 Å². The van der Waals surface area contributed by atoms with Crippen LogP contribution in [0.1, 0.15) is 21.5 Å². The number of esters is 1. The smallest absolute Gasteiger partial charge is 0.350 e. The summed E-state index contributed by atoms with van der Waals surface area (Å²) in [5, 5.41) is 23.5. The number of nitriles is 1. The third-order valence-corrected chi connectivity index (χ3v) is 4.86. The van der Waals surface area contributed by atoms with Crippen molar-refractivity contribution in [3.05, 3.63) is 104 Å². The van der Waals surface area contributed by atoms with Gasteiger partial charge in [0, 0.05) is 6.07 Å². The summed E-state index contributed by atoms with van der Waals surface area (Å²) in [5.74, 6) is -1.36. The predicted molar refractivity (Wildman–Crippen MR) is 123 cm³/mol. The number of nitrogens with one attached hydrogen (secondary N) is 1. The Balaban J connectivity index is 1.75. The van der Waals surface area contributed by atoms with Crippen LogP contribution in [0.5, 0.6) is 5.75 Å². The van der Waals surface area contributed by atoms with Crippen molar-refractivity contribution in [3.63, 3.8) is 0 Å². The maximum atomic E-state index is 12.5. The standard InChI is InChI=1S/C24H16ClN3O5/c1-15-5-4-7-20(25)22(15)27-23(29)17(14-26)13-16-9-11-18(12-10-16)33-24(30)19-6-2-3-8-21(19)28(31)32/h2-13H,1H3,(H,27,29)/b17-13+. The van der Waals surface area contributed by atoms with Crippen molar-refractivity contribution in [2.75, 3.05) is 5.32 Å². The van der Waals surface area contributed by atoms with Crippen LogP contribution in [0.15, 0.2) is 72.3 Å². The van der Waals surface area contributed by atoms with Crippen LogP contribution in [0, 0.1) is 28.4 Å². The molecule has 0 saturated heterocycles. The van der Waals surface area contributed by atoms with Crippen molar-refractivity contribution in [3.8, 4) is 11.8 Å². The molecule has 0 aliphatic carbocycles. The maximum Gasteiger partial charge on any atom is 0.350 e.